The predicted octanol–water partition coefficient (Wildman–Crippen LogP) is 4.74. The number of fused-ring (bicyclic) bond motifs is 6. The van der Waals surface area contributed by atoms with Crippen LogP contribution < -0.4 is 10.5 Å². The molecule has 0 spiro atoms. The van der Waals surface area contributed by atoms with Gasteiger partial charge in [0.05, 0.1) is 16.6 Å². The van der Waals surface area contributed by atoms with Gasteiger partial charge in [-0.3, -0.25) is 14.2 Å². The van der Waals surface area contributed by atoms with Crippen LogP contribution in [0.1, 0.15) is 12.0 Å². The molecule has 8 heteroatoms. The standard InChI is InChI=1S/C31H29N5O2.ClH/c37-28(34-20-18-33(19-21-34)22-8-2-1-3-9-22)15-17-35-27-13-7-5-10-23(27)24-14-16-36-30(29(24)35)32-26-12-6-4-11-25(26)31(36)38;/h1-13H,14-21H2;1H. The van der Waals surface area contributed by atoms with E-state index in [-0.39, 0.29) is 23.9 Å². The number of aromatic nitrogens is 3. The molecule has 0 atom stereocenters. The molecule has 5 aromatic rings. The molecule has 0 aliphatic carbocycles. The molecule has 1 amide bonds. The maximum absolute atomic E-state index is 13.4. The van der Waals surface area contributed by atoms with E-state index in [4.69, 9.17) is 4.98 Å². The maximum atomic E-state index is 13.4. The van der Waals surface area contributed by atoms with Crippen molar-refractivity contribution < 1.29 is 4.79 Å². The summed E-state index contributed by atoms with van der Waals surface area (Å²) in [5.74, 6) is 0.874. The topological polar surface area (TPSA) is 63.4 Å². The fraction of sp³-hybridized carbons (Fsp3) is 0.258. The van der Waals surface area contributed by atoms with E-state index < -0.39 is 0 Å². The number of benzene rings is 3. The summed E-state index contributed by atoms with van der Waals surface area (Å²) in [5.41, 5.74) is 5.20. The Morgan fingerprint density at radius 3 is 2.28 bits per heavy atom. The lowest BCUT2D eigenvalue weighted by atomic mass is 10.0. The van der Waals surface area contributed by atoms with Crippen LogP contribution in [0.15, 0.2) is 83.7 Å². The molecule has 0 unspecified atom stereocenters. The Kier molecular flexibility index (Phi) is 6.61. The van der Waals surface area contributed by atoms with Gasteiger partial charge in [0.25, 0.3) is 5.56 Å². The second-order valence-electron chi connectivity index (χ2n) is 10.1. The van der Waals surface area contributed by atoms with Gasteiger partial charge in [-0.05, 0) is 42.3 Å². The lowest BCUT2D eigenvalue weighted by molar-refractivity contribution is -0.131. The van der Waals surface area contributed by atoms with Crippen molar-refractivity contribution in [3.05, 3.63) is 94.8 Å². The minimum Gasteiger partial charge on any atom is -0.368 e. The van der Waals surface area contributed by atoms with E-state index in [2.05, 4.69) is 51.9 Å². The first-order chi connectivity index (χ1) is 18.7. The third kappa shape index (κ3) is 4.27. The van der Waals surface area contributed by atoms with Crippen LogP contribution in [0.3, 0.4) is 0 Å². The quantitative estimate of drug-likeness (QED) is 0.331. The minimum absolute atomic E-state index is 0. The van der Waals surface area contributed by atoms with Gasteiger partial charge in [0.1, 0.15) is 0 Å². The third-order valence-electron chi connectivity index (χ3n) is 8.04. The molecule has 2 aliphatic rings. The molecule has 198 valence electrons. The lowest BCUT2D eigenvalue weighted by Gasteiger charge is -2.36. The summed E-state index contributed by atoms with van der Waals surface area (Å²) in [6.07, 6.45) is 1.18. The zero-order valence-electron chi connectivity index (χ0n) is 21.6. The highest BCUT2D eigenvalue weighted by Gasteiger charge is 2.28. The van der Waals surface area contributed by atoms with Gasteiger partial charge < -0.3 is 14.4 Å². The van der Waals surface area contributed by atoms with E-state index in [1.165, 1.54) is 16.6 Å². The van der Waals surface area contributed by atoms with Crippen LogP contribution in [0.4, 0.5) is 5.69 Å². The zero-order chi connectivity index (χ0) is 25.6. The van der Waals surface area contributed by atoms with Crippen LogP contribution in [-0.4, -0.2) is 51.1 Å². The van der Waals surface area contributed by atoms with Gasteiger partial charge in [-0.1, -0.05) is 48.5 Å². The molecule has 0 radical (unpaired) electrons. The number of amides is 1. The molecule has 7 rings (SSSR count). The Bertz CT molecular complexity index is 1740. The normalized spacial score (nSPS) is 14.7. The summed E-state index contributed by atoms with van der Waals surface area (Å²) in [6, 6.07) is 26.3. The first-order valence-corrected chi connectivity index (χ1v) is 13.4. The number of carbonyl (C=O) groups excluding carboxylic acids is 1. The number of aryl methyl sites for hydroxylation is 2. The van der Waals surface area contributed by atoms with Crippen molar-refractivity contribution in [2.45, 2.75) is 25.9 Å². The summed E-state index contributed by atoms with van der Waals surface area (Å²) in [4.78, 5) is 36.0. The van der Waals surface area contributed by atoms with E-state index in [0.29, 0.717) is 36.2 Å². The van der Waals surface area contributed by atoms with E-state index in [1.807, 2.05) is 45.9 Å². The molecule has 0 saturated carbocycles. The molecule has 0 N–H and O–H groups in total. The van der Waals surface area contributed by atoms with E-state index in [9.17, 15) is 9.59 Å². The number of halogens is 1. The first-order valence-electron chi connectivity index (χ1n) is 13.4. The van der Waals surface area contributed by atoms with Crippen molar-refractivity contribution in [3.63, 3.8) is 0 Å². The molecule has 2 aliphatic heterocycles. The minimum atomic E-state index is 0. The second-order valence-corrected chi connectivity index (χ2v) is 10.1. The highest BCUT2D eigenvalue weighted by atomic mass is 35.5. The number of piperazine rings is 1. The van der Waals surface area contributed by atoms with Crippen LogP contribution in [0.2, 0.25) is 0 Å². The maximum Gasteiger partial charge on any atom is 0.261 e. The van der Waals surface area contributed by atoms with Crippen molar-refractivity contribution >= 4 is 45.8 Å². The van der Waals surface area contributed by atoms with Crippen LogP contribution in [-0.2, 0) is 24.3 Å². The van der Waals surface area contributed by atoms with Crippen molar-refractivity contribution in [1.82, 2.24) is 19.0 Å². The highest BCUT2D eigenvalue weighted by molar-refractivity contribution is 5.92. The summed E-state index contributed by atoms with van der Waals surface area (Å²) >= 11 is 0. The van der Waals surface area contributed by atoms with Crippen LogP contribution in [0, 0.1) is 0 Å². The Labute approximate surface area is 232 Å². The fourth-order valence-electron chi connectivity index (χ4n) is 6.11. The van der Waals surface area contributed by atoms with Crippen LogP contribution >= 0.6 is 12.4 Å². The highest BCUT2D eigenvalue weighted by Crippen LogP contribution is 2.36. The zero-order valence-corrected chi connectivity index (χ0v) is 22.4. The molecule has 2 aromatic heterocycles. The van der Waals surface area contributed by atoms with Crippen molar-refractivity contribution in [3.8, 4) is 11.5 Å². The molecular weight excluding hydrogens is 510 g/mol. The monoisotopic (exact) mass is 539 g/mol. The number of anilines is 1. The number of hydrogen-bond acceptors (Lipinski definition) is 4. The summed E-state index contributed by atoms with van der Waals surface area (Å²) < 4.78 is 4.03. The molecule has 4 heterocycles. The van der Waals surface area contributed by atoms with Crippen LogP contribution in [0.5, 0.6) is 0 Å². The summed E-state index contributed by atoms with van der Waals surface area (Å²) in [6.45, 7) is 4.29. The van der Waals surface area contributed by atoms with Gasteiger partial charge in [0, 0.05) is 62.3 Å². The Morgan fingerprint density at radius 2 is 1.49 bits per heavy atom. The van der Waals surface area contributed by atoms with Gasteiger partial charge in [0.2, 0.25) is 5.91 Å². The van der Waals surface area contributed by atoms with Gasteiger partial charge in [-0.25, -0.2) is 4.98 Å². The predicted molar refractivity (Wildman–Crippen MR) is 158 cm³/mol. The Morgan fingerprint density at radius 1 is 0.795 bits per heavy atom. The Hall–Kier alpha value is -4.10. The molecule has 0 bridgehead atoms. The van der Waals surface area contributed by atoms with Crippen molar-refractivity contribution in [1.29, 1.82) is 0 Å². The number of carbonyl (C=O) groups is 1. The van der Waals surface area contributed by atoms with Crippen molar-refractivity contribution in [2.75, 3.05) is 31.1 Å². The lowest BCUT2D eigenvalue weighted by Crippen LogP contribution is -2.49. The molecule has 1 saturated heterocycles. The first kappa shape index (κ1) is 25.2. The molecule has 7 nitrogen and oxygen atoms in total. The average Bonchev–Trinajstić information content (AvgIpc) is 3.30. The van der Waals surface area contributed by atoms with E-state index >= 15 is 0 Å². The van der Waals surface area contributed by atoms with Gasteiger partial charge >= 0.3 is 0 Å². The third-order valence-corrected chi connectivity index (χ3v) is 8.04. The second kappa shape index (κ2) is 10.2. The average molecular weight is 540 g/mol. The van der Waals surface area contributed by atoms with E-state index in [0.717, 1.165) is 43.8 Å². The molecule has 39 heavy (non-hydrogen) atoms. The molecule has 3 aromatic carbocycles. The number of nitrogens with zero attached hydrogens (tertiary/aromatic N) is 5. The SMILES string of the molecule is Cl.O=C(CCn1c2c(c3ccccc31)CCn1c-2nc2ccccc2c1=O)N1CCN(c2ccccc2)CC1. The molecular formula is C31H30ClN5O2. The number of rotatable bonds is 4. The largest absolute Gasteiger partial charge is 0.368 e. The Balaban J connectivity index is 0.00000277. The number of para-hydroxylation sites is 3. The van der Waals surface area contributed by atoms with Gasteiger partial charge in [-0.2, -0.15) is 0 Å². The summed E-state index contributed by atoms with van der Waals surface area (Å²) in [7, 11) is 0. The van der Waals surface area contributed by atoms with E-state index in [1.54, 1.807) is 0 Å². The smallest absolute Gasteiger partial charge is 0.261 e. The van der Waals surface area contributed by atoms with Crippen LogP contribution in [0.25, 0.3) is 33.3 Å². The molecule has 1 fully saturated rings. The fourth-order valence-corrected chi connectivity index (χ4v) is 6.11. The van der Waals surface area contributed by atoms with Gasteiger partial charge in [-0.15, -0.1) is 12.4 Å². The summed E-state index contributed by atoms with van der Waals surface area (Å²) in [5, 5.41) is 1.83. The van der Waals surface area contributed by atoms with Crippen molar-refractivity contribution in [2.24, 2.45) is 0 Å². The van der Waals surface area contributed by atoms with Gasteiger partial charge in [0.15, 0.2) is 5.82 Å². The number of hydrogen-bond donors (Lipinski definition) is 0.